The van der Waals surface area contributed by atoms with Gasteiger partial charge in [0.25, 0.3) is 0 Å². The monoisotopic (exact) mass is 264 g/mol. The molecule has 0 aromatic heterocycles. The molecule has 0 amide bonds. The highest BCUT2D eigenvalue weighted by molar-refractivity contribution is 7.74. The van der Waals surface area contributed by atoms with E-state index in [0.29, 0.717) is 0 Å². The Bertz CT molecular complexity index is 260. The van der Waals surface area contributed by atoms with E-state index in [4.69, 9.17) is 4.55 Å². The van der Waals surface area contributed by atoms with Crippen LogP contribution in [0.25, 0.3) is 0 Å². The van der Waals surface area contributed by atoms with Crippen LogP contribution in [0.3, 0.4) is 0 Å². The third-order valence-corrected chi connectivity index (χ3v) is 3.09. The summed E-state index contributed by atoms with van der Waals surface area (Å²) in [6.45, 7) is 0. The molecule has 1 rings (SSSR count). The Balaban J connectivity index is 2.73. The van der Waals surface area contributed by atoms with Gasteiger partial charge in [-0.3, -0.25) is 8.74 Å². The number of alkyl halides is 4. The predicted octanol–water partition coefficient (Wildman–Crippen LogP) is 2.74. The SMILES string of the molecule is O=S(O)OC1(CC(F)(F)F)CCC(F)CC1. The minimum atomic E-state index is -4.50. The number of hydrogen-bond donors (Lipinski definition) is 1. The van der Waals surface area contributed by atoms with Crippen LogP contribution < -0.4 is 0 Å². The maximum Gasteiger partial charge on any atom is 0.391 e. The summed E-state index contributed by atoms with van der Waals surface area (Å²) in [5.41, 5.74) is -1.75. The van der Waals surface area contributed by atoms with Crippen molar-refractivity contribution in [3.63, 3.8) is 0 Å². The van der Waals surface area contributed by atoms with Gasteiger partial charge in [0.1, 0.15) is 6.17 Å². The topological polar surface area (TPSA) is 46.5 Å². The van der Waals surface area contributed by atoms with Crippen molar-refractivity contribution < 1.29 is 30.5 Å². The van der Waals surface area contributed by atoms with Crippen molar-refractivity contribution in [2.24, 2.45) is 0 Å². The summed E-state index contributed by atoms with van der Waals surface area (Å²) in [5.74, 6) is 0. The van der Waals surface area contributed by atoms with E-state index in [1.165, 1.54) is 0 Å². The van der Waals surface area contributed by atoms with Crippen LogP contribution in [-0.4, -0.2) is 26.7 Å². The number of halogens is 4. The van der Waals surface area contributed by atoms with Crippen molar-refractivity contribution in [1.82, 2.24) is 0 Å². The first kappa shape index (κ1) is 13.9. The molecule has 1 fully saturated rings. The van der Waals surface area contributed by atoms with Gasteiger partial charge in [-0.1, -0.05) is 0 Å². The zero-order chi connectivity index (χ0) is 12.4. The van der Waals surface area contributed by atoms with Gasteiger partial charge in [-0.15, -0.1) is 0 Å². The number of hydrogen-bond acceptors (Lipinski definition) is 2. The smallest absolute Gasteiger partial charge is 0.284 e. The van der Waals surface area contributed by atoms with E-state index in [0.717, 1.165) is 0 Å². The van der Waals surface area contributed by atoms with Crippen LogP contribution in [0, 0.1) is 0 Å². The lowest BCUT2D eigenvalue weighted by Gasteiger charge is -2.36. The van der Waals surface area contributed by atoms with Gasteiger partial charge in [-0.25, -0.2) is 4.39 Å². The van der Waals surface area contributed by atoms with Crippen molar-refractivity contribution in [3.05, 3.63) is 0 Å². The second kappa shape index (κ2) is 4.97. The number of rotatable bonds is 3. The fraction of sp³-hybridized carbons (Fsp3) is 1.00. The van der Waals surface area contributed by atoms with E-state index >= 15 is 0 Å². The van der Waals surface area contributed by atoms with E-state index in [9.17, 15) is 21.8 Å². The molecular weight excluding hydrogens is 252 g/mol. The van der Waals surface area contributed by atoms with Crippen molar-refractivity contribution in [2.45, 2.75) is 50.1 Å². The fourth-order valence-electron chi connectivity index (χ4n) is 1.91. The van der Waals surface area contributed by atoms with Gasteiger partial charge in [-0.05, 0) is 25.7 Å². The van der Waals surface area contributed by atoms with Crippen molar-refractivity contribution in [3.8, 4) is 0 Å². The molecule has 0 spiro atoms. The van der Waals surface area contributed by atoms with E-state index < -0.39 is 35.7 Å². The second-order valence-electron chi connectivity index (χ2n) is 3.95. The molecule has 96 valence electrons. The zero-order valence-electron chi connectivity index (χ0n) is 8.30. The fourth-order valence-corrected chi connectivity index (χ4v) is 2.44. The van der Waals surface area contributed by atoms with E-state index in [1.807, 2.05) is 0 Å². The highest BCUT2D eigenvalue weighted by atomic mass is 32.2. The van der Waals surface area contributed by atoms with Gasteiger partial charge < -0.3 is 0 Å². The van der Waals surface area contributed by atoms with Gasteiger partial charge in [0.15, 0.2) is 0 Å². The zero-order valence-corrected chi connectivity index (χ0v) is 9.11. The highest BCUT2D eigenvalue weighted by Gasteiger charge is 2.47. The molecule has 1 aliphatic carbocycles. The Hall–Kier alpha value is -0.210. The molecular formula is C8H12F4O3S. The molecule has 1 saturated carbocycles. The average molecular weight is 264 g/mol. The molecule has 1 unspecified atom stereocenters. The quantitative estimate of drug-likeness (QED) is 0.629. The van der Waals surface area contributed by atoms with Crippen LogP contribution in [-0.2, 0) is 15.5 Å². The van der Waals surface area contributed by atoms with Crippen LogP contribution in [0.2, 0.25) is 0 Å². The molecule has 3 nitrogen and oxygen atoms in total. The molecule has 8 heteroatoms. The molecule has 1 atom stereocenters. The van der Waals surface area contributed by atoms with Crippen molar-refractivity contribution >= 4 is 11.4 Å². The van der Waals surface area contributed by atoms with Crippen LogP contribution >= 0.6 is 0 Å². The van der Waals surface area contributed by atoms with Crippen LogP contribution in [0.15, 0.2) is 0 Å². The lowest BCUT2D eigenvalue weighted by molar-refractivity contribution is -0.177. The van der Waals surface area contributed by atoms with Crippen molar-refractivity contribution in [2.75, 3.05) is 0 Å². The van der Waals surface area contributed by atoms with Gasteiger partial charge in [0, 0.05) is 0 Å². The minimum Gasteiger partial charge on any atom is -0.284 e. The molecule has 0 heterocycles. The minimum absolute atomic E-state index is 0.0761. The summed E-state index contributed by atoms with van der Waals surface area (Å²) in [6, 6.07) is 0. The Labute approximate surface area is 92.7 Å². The highest BCUT2D eigenvalue weighted by Crippen LogP contribution is 2.41. The first-order valence-corrected chi connectivity index (χ1v) is 5.77. The maximum absolute atomic E-state index is 12.8. The van der Waals surface area contributed by atoms with Crippen LogP contribution in [0.1, 0.15) is 32.1 Å². The van der Waals surface area contributed by atoms with Gasteiger partial charge in [-0.2, -0.15) is 17.4 Å². The first-order chi connectivity index (χ1) is 7.22. The molecule has 0 aliphatic heterocycles. The predicted molar refractivity (Wildman–Crippen MR) is 48.6 cm³/mol. The van der Waals surface area contributed by atoms with Crippen LogP contribution in [0.5, 0.6) is 0 Å². The standard InChI is InChI=1S/C8H12F4O3S/c9-6-1-3-7(4-2-6,15-16(13)14)5-8(10,11)12/h6H,1-5H2,(H,13,14). The van der Waals surface area contributed by atoms with E-state index in [-0.39, 0.29) is 25.7 Å². The summed E-state index contributed by atoms with van der Waals surface area (Å²) < 4.78 is 73.1. The second-order valence-corrected chi connectivity index (χ2v) is 4.55. The molecule has 0 aromatic rings. The molecule has 16 heavy (non-hydrogen) atoms. The Kier molecular flexibility index (Phi) is 4.30. The van der Waals surface area contributed by atoms with Crippen LogP contribution in [0.4, 0.5) is 17.6 Å². The molecule has 1 N–H and O–H groups in total. The largest absolute Gasteiger partial charge is 0.391 e. The molecule has 0 bridgehead atoms. The summed E-state index contributed by atoms with van der Waals surface area (Å²) in [4.78, 5) is 0. The summed E-state index contributed by atoms with van der Waals surface area (Å²) in [6.07, 6.45) is -7.51. The van der Waals surface area contributed by atoms with Gasteiger partial charge in [0.05, 0.1) is 12.0 Å². The summed E-state index contributed by atoms with van der Waals surface area (Å²) in [5, 5.41) is 0. The Morgan fingerprint density at radius 2 is 1.88 bits per heavy atom. The summed E-state index contributed by atoms with van der Waals surface area (Å²) in [7, 11) is 0. The molecule has 0 aromatic carbocycles. The normalized spacial score (nSPS) is 33.7. The third-order valence-electron chi connectivity index (χ3n) is 2.60. The van der Waals surface area contributed by atoms with E-state index in [1.54, 1.807) is 0 Å². The first-order valence-electron chi connectivity index (χ1n) is 4.74. The molecule has 0 saturated heterocycles. The third kappa shape index (κ3) is 4.34. The lowest BCUT2D eigenvalue weighted by atomic mass is 9.81. The Morgan fingerprint density at radius 3 is 2.25 bits per heavy atom. The lowest BCUT2D eigenvalue weighted by Crippen LogP contribution is -2.42. The molecule has 0 radical (unpaired) electrons. The van der Waals surface area contributed by atoms with Crippen molar-refractivity contribution in [1.29, 1.82) is 0 Å². The van der Waals surface area contributed by atoms with Gasteiger partial charge >= 0.3 is 17.5 Å². The molecule has 1 aliphatic rings. The Morgan fingerprint density at radius 1 is 1.38 bits per heavy atom. The van der Waals surface area contributed by atoms with Gasteiger partial charge in [0.2, 0.25) is 0 Å². The summed E-state index contributed by atoms with van der Waals surface area (Å²) >= 11 is -2.77. The average Bonchev–Trinajstić information content (AvgIpc) is 2.06. The maximum atomic E-state index is 12.8. The van der Waals surface area contributed by atoms with E-state index in [2.05, 4.69) is 4.18 Å².